The molecule has 23 heavy (non-hydrogen) atoms. The highest BCUT2D eigenvalue weighted by Gasteiger charge is 2.18. The van der Waals surface area contributed by atoms with E-state index in [9.17, 15) is 9.59 Å². The molecular formula is C15H21ClN4O2S. The lowest BCUT2D eigenvalue weighted by molar-refractivity contribution is -0.123. The Hall–Kier alpha value is -1.86. The molecule has 1 atom stereocenters. The Balaban J connectivity index is 2.50. The van der Waals surface area contributed by atoms with Crippen molar-refractivity contribution in [3.05, 3.63) is 34.9 Å². The van der Waals surface area contributed by atoms with Gasteiger partial charge in [-0.1, -0.05) is 23.7 Å². The molecule has 0 spiro atoms. The monoisotopic (exact) mass is 356 g/mol. The zero-order chi connectivity index (χ0) is 17.6. The summed E-state index contributed by atoms with van der Waals surface area (Å²) < 4.78 is 0. The molecule has 0 aliphatic carbocycles. The smallest absolute Gasteiger partial charge is 0.260 e. The number of nitrogens with one attached hydrogen (secondary N) is 4. The summed E-state index contributed by atoms with van der Waals surface area (Å²) >= 11 is 11.0. The zero-order valence-electron chi connectivity index (χ0n) is 13.5. The fourth-order valence-corrected chi connectivity index (χ4v) is 2.16. The predicted octanol–water partition coefficient (Wildman–Crippen LogP) is 1.75. The van der Waals surface area contributed by atoms with Gasteiger partial charge in [0.2, 0.25) is 0 Å². The fraction of sp³-hybridized carbons (Fsp3) is 0.400. The van der Waals surface area contributed by atoms with Crippen molar-refractivity contribution in [1.29, 1.82) is 0 Å². The van der Waals surface area contributed by atoms with Crippen molar-refractivity contribution in [1.82, 2.24) is 21.5 Å². The summed E-state index contributed by atoms with van der Waals surface area (Å²) in [7, 11) is 0. The first-order valence-electron chi connectivity index (χ1n) is 7.03. The number of rotatable bonds is 3. The van der Waals surface area contributed by atoms with Crippen LogP contribution in [0, 0.1) is 0 Å². The molecule has 0 bridgehead atoms. The molecule has 0 aliphatic rings. The molecule has 2 amide bonds. The summed E-state index contributed by atoms with van der Waals surface area (Å²) in [5, 5.41) is 6.17. The molecule has 126 valence electrons. The van der Waals surface area contributed by atoms with Gasteiger partial charge in [-0.15, -0.1) is 0 Å². The van der Waals surface area contributed by atoms with Crippen LogP contribution >= 0.6 is 23.8 Å². The normalized spacial score (nSPS) is 12.0. The standard InChI is InChI=1S/C15H21ClN4O2S/c1-9(12(21)19-20-14(23)18-15(2,3)4)17-13(22)10-7-5-6-8-11(10)16/h5-9H,1-4H3,(H,17,22)(H,19,21)(H2,18,20,23)/t9-/m0/s1. The average molecular weight is 357 g/mol. The minimum absolute atomic E-state index is 0.224. The molecule has 6 nitrogen and oxygen atoms in total. The first-order chi connectivity index (χ1) is 10.6. The van der Waals surface area contributed by atoms with Crippen LogP contribution in [0.15, 0.2) is 24.3 Å². The van der Waals surface area contributed by atoms with E-state index in [1.807, 2.05) is 20.8 Å². The van der Waals surface area contributed by atoms with Crippen LogP contribution in [0.5, 0.6) is 0 Å². The number of thiocarbonyl (C=S) groups is 1. The van der Waals surface area contributed by atoms with E-state index in [0.717, 1.165) is 0 Å². The minimum atomic E-state index is -0.760. The molecule has 1 rings (SSSR count). The van der Waals surface area contributed by atoms with Crippen LogP contribution in [0.4, 0.5) is 0 Å². The molecule has 0 aliphatic heterocycles. The topological polar surface area (TPSA) is 82.3 Å². The second kappa shape index (κ2) is 8.12. The molecule has 0 heterocycles. The predicted molar refractivity (Wildman–Crippen MR) is 95.1 cm³/mol. The van der Waals surface area contributed by atoms with Gasteiger partial charge < -0.3 is 10.6 Å². The van der Waals surface area contributed by atoms with Gasteiger partial charge in [0.25, 0.3) is 11.8 Å². The highest BCUT2D eigenvalue weighted by molar-refractivity contribution is 7.80. The lowest BCUT2D eigenvalue weighted by Crippen LogP contribution is -2.55. The lowest BCUT2D eigenvalue weighted by Gasteiger charge is -2.23. The van der Waals surface area contributed by atoms with Crippen molar-refractivity contribution in [2.45, 2.75) is 39.3 Å². The quantitative estimate of drug-likeness (QED) is 0.490. The third-order valence-electron chi connectivity index (χ3n) is 2.65. The second-order valence-electron chi connectivity index (χ2n) is 5.99. The van der Waals surface area contributed by atoms with Gasteiger partial charge in [-0.05, 0) is 52.0 Å². The van der Waals surface area contributed by atoms with Crippen molar-refractivity contribution < 1.29 is 9.59 Å². The Bertz CT molecular complexity index is 601. The van der Waals surface area contributed by atoms with Crippen LogP contribution in [-0.4, -0.2) is 28.5 Å². The van der Waals surface area contributed by atoms with Gasteiger partial charge in [0.15, 0.2) is 5.11 Å². The summed E-state index contributed by atoms with van der Waals surface area (Å²) in [6, 6.07) is 5.86. The van der Waals surface area contributed by atoms with Crippen molar-refractivity contribution in [2.75, 3.05) is 0 Å². The maximum atomic E-state index is 12.1. The number of carbonyl (C=O) groups is 2. The van der Waals surface area contributed by atoms with Crippen LogP contribution < -0.4 is 21.5 Å². The summed E-state index contributed by atoms with van der Waals surface area (Å²) in [4.78, 5) is 24.0. The van der Waals surface area contributed by atoms with Gasteiger partial charge in [-0.2, -0.15) is 0 Å². The Labute approximate surface area is 146 Å². The molecule has 0 fully saturated rings. The van der Waals surface area contributed by atoms with E-state index < -0.39 is 17.9 Å². The Morgan fingerprint density at radius 3 is 2.35 bits per heavy atom. The van der Waals surface area contributed by atoms with Crippen LogP contribution in [0.1, 0.15) is 38.1 Å². The van der Waals surface area contributed by atoms with Gasteiger partial charge >= 0.3 is 0 Å². The molecule has 4 N–H and O–H groups in total. The maximum Gasteiger partial charge on any atom is 0.260 e. The third-order valence-corrected chi connectivity index (χ3v) is 3.18. The summed E-state index contributed by atoms with van der Waals surface area (Å²) in [6.45, 7) is 7.38. The molecule has 1 aromatic carbocycles. The Morgan fingerprint density at radius 2 is 1.78 bits per heavy atom. The Kier molecular flexibility index (Phi) is 6.78. The average Bonchev–Trinajstić information content (AvgIpc) is 2.43. The molecule has 0 saturated heterocycles. The van der Waals surface area contributed by atoms with Gasteiger partial charge in [-0.25, -0.2) is 0 Å². The number of benzene rings is 1. The third kappa shape index (κ3) is 6.83. The van der Waals surface area contributed by atoms with Gasteiger partial charge in [0, 0.05) is 5.54 Å². The largest absolute Gasteiger partial charge is 0.357 e. The van der Waals surface area contributed by atoms with Gasteiger partial charge in [-0.3, -0.25) is 20.4 Å². The van der Waals surface area contributed by atoms with Crippen LogP contribution in [0.25, 0.3) is 0 Å². The van der Waals surface area contributed by atoms with E-state index >= 15 is 0 Å². The molecule has 0 radical (unpaired) electrons. The molecule has 1 aromatic rings. The van der Waals surface area contributed by atoms with Crippen LogP contribution in [-0.2, 0) is 4.79 Å². The Morgan fingerprint density at radius 1 is 1.17 bits per heavy atom. The highest BCUT2D eigenvalue weighted by atomic mass is 35.5. The molecular weight excluding hydrogens is 336 g/mol. The maximum absolute atomic E-state index is 12.1. The summed E-state index contributed by atoms with van der Waals surface area (Å²) in [5.41, 5.74) is 5.11. The highest BCUT2D eigenvalue weighted by Crippen LogP contribution is 2.14. The van der Waals surface area contributed by atoms with E-state index in [2.05, 4.69) is 21.5 Å². The van der Waals surface area contributed by atoms with E-state index in [0.29, 0.717) is 10.6 Å². The second-order valence-corrected chi connectivity index (χ2v) is 6.81. The van der Waals surface area contributed by atoms with Gasteiger partial charge in [0.1, 0.15) is 6.04 Å². The molecule has 8 heteroatoms. The summed E-state index contributed by atoms with van der Waals surface area (Å²) in [6.07, 6.45) is 0. The van der Waals surface area contributed by atoms with Crippen LogP contribution in [0.2, 0.25) is 5.02 Å². The van der Waals surface area contributed by atoms with Crippen molar-refractivity contribution in [3.8, 4) is 0 Å². The number of carbonyl (C=O) groups excluding carboxylic acids is 2. The van der Waals surface area contributed by atoms with Crippen molar-refractivity contribution in [3.63, 3.8) is 0 Å². The number of hydrogen-bond acceptors (Lipinski definition) is 3. The van der Waals surface area contributed by atoms with E-state index in [-0.39, 0.29) is 10.7 Å². The fourth-order valence-electron chi connectivity index (χ4n) is 1.58. The van der Waals surface area contributed by atoms with E-state index in [1.54, 1.807) is 31.2 Å². The van der Waals surface area contributed by atoms with Crippen molar-refractivity contribution in [2.24, 2.45) is 0 Å². The number of amides is 2. The van der Waals surface area contributed by atoms with Crippen LogP contribution in [0.3, 0.4) is 0 Å². The number of hydrazine groups is 1. The number of halogens is 1. The molecule has 0 saturated carbocycles. The van der Waals surface area contributed by atoms with Crippen molar-refractivity contribution >= 4 is 40.7 Å². The molecule has 0 aromatic heterocycles. The minimum Gasteiger partial charge on any atom is -0.357 e. The number of hydrogen-bond donors (Lipinski definition) is 4. The molecule has 0 unspecified atom stereocenters. The zero-order valence-corrected chi connectivity index (χ0v) is 15.1. The van der Waals surface area contributed by atoms with E-state index in [4.69, 9.17) is 23.8 Å². The van der Waals surface area contributed by atoms with E-state index in [1.165, 1.54) is 0 Å². The van der Waals surface area contributed by atoms with Gasteiger partial charge in [0.05, 0.1) is 10.6 Å². The SMILES string of the molecule is C[C@H](NC(=O)c1ccccc1Cl)C(=O)NNC(=S)NC(C)(C)C. The lowest BCUT2D eigenvalue weighted by atomic mass is 10.1. The first-order valence-corrected chi connectivity index (χ1v) is 7.82. The first kappa shape index (κ1) is 19.2. The summed E-state index contributed by atoms with van der Waals surface area (Å²) in [5.74, 6) is -0.850.